The third-order valence-electron chi connectivity index (χ3n) is 2.01. The van der Waals surface area contributed by atoms with E-state index in [1.165, 1.54) is 23.5 Å². The van der Waals surface area contributed by atoms with E-state index in [9.17, 15) is 4.39 Å². The smallest absolute Gasteiger partial charge is 0.132 e. The Kier molecular flexibility index (Phi) is 3.50. The van der Waals surface area contributed by atoms with Gasteiger partial charge in [0.15, 0.2) is 0 Å². The van der Waals surface area contributed by atoms with Crippen LogP contribution < -0.4 is 11.3 Å². The minimum Gasteiger partial charge on any atom is -0.271 e. The molecule has 1 aromatic heterocycles. The van der Waals surface area contributed by atoms with Gasteiger partial charge in [-0.25, -0.2) is 9.37 Å². The molecule has 0 aliphatic heterocycles. The van der Waals surface area contributed by atoms with E-state index in [2.05, 4.69) is 10.4 Å². The number of rotatable bonds is 3. The van der Waals surface area contributed by atoms with Gasteiger partial charge in [0.1, 0.15) is 10.8 Å². The van der Waals surface area contributed by atoms with Gasteiger partial charge in [-0.3, -0.25) is 11.3 Å². The van der Waals surface area contributed by atoms with Crippen molar-refractivity contribution < 1.29 is 4.39 Å². The molecule has 16 heavy (non-hydrogen) atoms. The maximum Gasteiger partial charge on any atom is 0.132 e. The lowest BCUT2D eigenvalue weighted by atomic mass is 10.1. The average molecular weight is 258 g/mol. The first-order valence-electron chi connectivity index (χ1n) is 4.54. The number of thiazole rings is 1. The van der Waals surface area contributed by atoms with Crippen LogP contribution in [0, 0.1) is 5.82 Å². The highest BCUT2D eigenvalue weighted by Crippen LogP contribution is 2.27. The fourth-order valence-corrected chi connectivity index (χ4v) is 2.21. The van der Waals surface area contributed by atoms with E-state index in [0.29, 0.717) is 22.8 Å². The van der Waals surface area contributed by atoms with Crippen LogP contribution in [0.2, 0.25) is 5.02 Å². The van der Waals surface area contributed by atoms with E-state index >= 15 is 0 Å². The third kappa shape index (κ3) is 2.38. The van der Waals surface area contributed by atoms with E-state index in [1.54, 1.807) is 11.4 Å². The SMILES string of the molecule is NNCc1nc(-c2cc(Cl)ccc2F)cs1. The van der Waals surface area contributed by atoms with Crippen LogP contribution in [-0.2, 0) is 6.54 Å². The van der Waals surface area contributed by atoms with Crippen molar-refractivity contribution in [2.24, 2.45) is 5.84 Å². The molecule has 1 aromatic carbocycles. The van der Waals surface area contributed by atoms with Gasteiger partial charge < -0.3 is 0 Å². The topological polar surface area (TPSA) is 50.9 Å². The molecular formula is C10H9ClFN3S. The molecule has 0 aliphatic carbocycles. The summed E-state index contributed by atoms with van der Waals surface area (Å²) in [5.74, 6) is 4.85. The summed E-state index contributed by atoms with van der Waals surface area (Å²) in [4.78, 5) is 4.25. The summed E-state index contributed by atoms with van der Waals surface area (Å²) in [6, 6.07) is 4.40. The van der Waals surface area contributed by atoms with E-state index in [-0.39, 0.29) is 5.82 Å². The standard InChI is InChI=1S/C10H9ClFN3S/c11-6-1-2-8(12)7(3-6)9-5-16-10(15-9)4-14-13/h1-3,5,14H,4,13H2. The Morgan fingerprint density at radius 3 is 3.06 bits per heavy atom. The molecule has 0 atom stereocenters. The van der Waals surface area contributed by atoms with E-state index in [4.69, 9.17) is 17.4 Å². The zero-order chi connectivity index (χ0) is 11.5. The van der Waals surface area contributed by atoms with E-state index < -0.39 is 0 Å². The van der Waals surface area contributed by atoms with Crippen molar-refractivity contribution in [1.29, 1.82) is 0 Å². The Morgan fingerprint density at radius 2 is 2.31 bits per heavy atom. The molecule has 2 rings (SSSR count). The Labute approximate surface area is 101 Å². The molecule has 1 heterocycles. The first-order chi connectivity index (χ1) is 7.70. The summed E-state index contributed by atoms with van der Waals surface area (Å²) in [7, 11) is 0. The van der Waals surface area contributed by atoms with Crippen molar-refractivity contribution in [3.63, 3.8) is 0 Å². The van der Waals surface area contributed by atoms with Crippen LogP contribution in [0.3, 0.4) is 0 Å². The number of hydrazine groups is 1. The minimum atomic E-state index is -0.332. The largest absolute Gasteiger partial charge is 0.271 e. The van der Waals surface area contributed by atoms with Crippen LogP contribution in [-0.4, -0.2) is 4.98 Å². The fraction of sp³-hybridized carbons (Fsp3) is 0.100. The first-order valence-corrected chi connectivity index (χ1v) is 5.80. The van der Waals surface area contributed by atoms with Gasteiger partial charge in [-0.05, 0) is 18.2 Å². The number of nitrogens with one attached hydrogen (secondary N) is 1. The molecule has 0 bridgehead atoms. The molecule has 84 valence electrons. The molecule has 3 nitrogen and oxygen atoms in total. The summed E-state index contributed by atoms with van der Waals surface area (Å²) in [5, 5.41) is 3.07. The van der Waals surface area contributed by atoms with Gasteiger partial charge in [0, 0.05) is 16.0 Å². The molecular weight excluding hydrogens is 249 g/mol. The van der Waals surface area contributed by atoms with Crippen molar-refractivity contribution in [2.75, 3.05) is 0 Å². The summed E-state index contributed by atoms with van der Waals surface area (Å²) in [6.07, 6.45) is 0. The van der Waals surface area contributed by atoms with Crippen LogP contribution in [0.4, 0.5) is 4.39 Å². The number of halogens is 2. The van der Waals surface area contributed by atoms with E-state index in [1.807, 2.05) is 0 Å². The number of nitrogens with zero attached hydrogens (tertiary/aromatic N) is 1. The van der Waals surface area contributed by atoms with Gasteiger partial charge in [0.2, 0.25) is 0 Å². The van der Waals surface area contributed by atoms with Crippen LogP contribution in [0.1, 0.15) is 5.01 Å². The highest BCUT2D eigenvalue weighted by Gasteiger charge is 2.09. The molecule has 0 saturated heterocycles. The Hall–Kier alpha value is -1.01. The lowest BCUT2D eigenvalue weighted by Crippen LogP contribution is -2.20. The predicted octanol–water partition coefficient (Wildman–Crippen LogP) is 2.57. The second-order valence-electron chi connectivity index (χ2n) is 3.13. The monoisotopic (exact) mass is 257 g/mol. The number of hydrogen-bond acceptors (Lipinski definition) is 4. The van der Waals surface area contributed by atoms with Crippen molar-refractivity contribution >= 4 is 22.9 Å². The Balaban J connectivity index is 2.38. The fourth-order valence-electron chi connectivity index (χ4n) is 1.30. The van der Waals surface area contributed by atoms with Gasteiger partial charge >= 0.3 is 0 Å². The van der Waals surface area contributed by atoms with Crippen LogP contribution >= 0.6 is 22.9 Å². The van der Waals surface area contributed by atoms with Gasteiger partial charge in [-0.15, -0.1) is 11.3 Å². The highest BCUT2D eigenvalue weighted by atomic mass is 35.5. The second kappa shape index (κ2) is 4.88. The molecule has 3 N–H and O–H groups in total. The lowest BCUT2D eigenvalue weighted by molar-refractivity contribution is 0.630. The minimum absolute atomic E-state index is 0.332. The molecule has 0 fully saturated rings. The molecule has 0 amide bonds. The predicted molar refractivity (Wildman–Crippen MR) is 63.5 cm³/mol. The zero-order valence-electron chi connectivity index (χ0n) is 8.21. The normalized spacial score (nSPS) is 10.7. The Bertz CT molecular complexity index is 501. The van der Waals surface area contributed by atoms with Crippen LogP contribution in [0.25, 0.3) is 11.3 Å². The molecule has 6 heteroatoms. The molecule has 0 aliphatic rings. The lowest BCUT2D eigenvalue weighted by Gasteiger charge is -1.99. The molecule has 0 radical (unpaired) electrons. The average Bonchev–Trinajstić information content (AvgIpc) is 2.71. The van der Waals surface area contributed by atoms with Gasteiger partial charge in [-0.2, -0.15) is 0 Å². The van der Waals surface area contributed by atoms with Crippen molar-refractivity contribution in [3.05, 3.63) is 39.4 Å². The second-order valence-corrected chi connectivity index (χ2v) is 4.51. The number of aromatic nitrogens is 1. The van der Waals surface area contributed by atoms with Gasteiger partial charge in [0.05, 0.1) is 12.2 Å². The number of hydrogen-bond donors (Lipinski definition) is 2. The van der Waals surface area contributed by atoms with Crippen molar-refractivity contribution in [1.82, 2.24) is 10.4 Å². The molecule has 0 spiro atoms. The third-order valence-corrected chi connectivity index (χ3v) is 3.09. The number of benzene rings is 1. The molecule has 0 saturated carbocycles. The quantitative estimate of drug-likeness (QED) is 0.656. The van der Waals surface area contributed by atoms with Gasteiger partial charge in [0.25, 0.3) is 0 Å². The van der Waals surface area contributed by atoms with Gasteiger partial charge in [-0.1, -0.05) is 11.6 Å². The Morgan fingerprint density at radius 1 is 1.50 bits per heavy atom. The van der Waals surface area contributed by atoms with E-state index in [0.717, 1.165) is 5.01 Å². The maximum absolute atomic E-state index is 13.5. The van der Waals surface area contributed by atoms with Crippen molar-refractivity contribution in [2.45, 2.75) is 6.54 Å². The number of nitrogens with two attached hydrogens (primary N) is 1. The summed E-state index contributed by atoms with van der Waals surface area (Å²) < 4.78 is 13.5. The molecule has 2 aromatic rings. The zero-order valence-corrected chi connectivity index (χ0v) is 9.78. The maximum atomic E-state index is 13.5. The molecule has 0 unspecified atom stereocenters. The van der Waals surface area contributed by atoms with Crippen molar-refractivity contribution in [3.8, 4) is 11.3 Å². The van der Waals surface area contributed by atoms with Crippen LogP contribution in [0.15, 0.2) is 23.6 Å². The summed E-state index contributed by atoms with van der Waals surface area (Å²) in [6.45, 7) is 0.465. The summed E-state index contributed by atoms with van der Waals surface area (Å²) in [5.41, 5.74) is 3.49. The summed E-state index contributed by atoms with van der Waals surface area (Å²) >= 11 is 7.23. The first kappa shape index (κ1) is 11.5. The van der Waals surface area contributed by atoms with Crippen LogP contribution in [0.5, 0.6) is 0 Å². The highest BCUT2D eigenvalue weighted by molar-refractivity contribution is 7.09.